The zero-order valence-corrected chi connectivity index (χ0v) is 14.5. The highest BCUT2D eigenvalue weighted by atomic mass is 32.2. The molecule has 0 saturated heterocycles. The zero-order valence-electron chi connectivity index (χ0n) is 13.7. The molecule has 0 fully saturated rings. The van der Waals surface area contributed by atoms with Crippen molar-refractivity contribution >= 4 is 10.0 Å². The van der Waals surface area contributed by atoms with Gasteiger partial charge in [-0.15, -0.1) is 0 Å². The van der Waals surface area contributed by atoms with Gasteiger partial charge in [0, 0.05) is 25.7 Å². The Morgan fingerprint density at radius 3 is 2.33 bits per heavy atom. The normalized spacial score (nSPS) is 12.4. The van der Waals surface area contributed by atoms with Gasteiger partial charge in [0.15, 0.2) is 0 Å². The number of sulfonamides is 1. The van der Waals surface area contributed by atoms with Crippen molar-refractivity contribution in [2.45, 2.75) is 51.2 Å². The summed E-state index contributed by atoms with van der Waals surface area (Å²) in [5.74, 6) is 0.371. The molecule has 0 aromatic heterocycles. The Morgan fingerprint density at radius 2 is 1.86 bits per heavy atom. The molecule has 1 aromatic rings. The average Bonchev–Trinajstić information content (AvgIpc) is 2.43. The maximum Gasteiger partial charge on any atom is 0.246 e. The van der Waals surface area contributed by atoms with Crippen LogP contribution >= 0.6 is 0 Å². The van der Waals surface area contributed by atoms with Crippen molar-refractivity contribution in [1.29, 1.82) is 0 Å². The Balaban J connectivity index is 3.22. The van der Waals surface area contributed by atoms with Crippen molar-refractivity contribution in [2.75, 3.05) is 14.2 Å². The second-order valence-corrected chi connectivity index (χ2v) is 7.60. The van der Waals surface area contributed by atoms with Crippen molar-refractivity contribution < 1.29 is 13.2 Å². The minimum Gasteiger partial charge on any atom is -0.495 e. The summed E-state index contributed by atoms with van der Waals surface area (Å²) < 4.78 is 31.9. The van der Waals surface area contributed by atoms with Gasteiger partial charge in [-0.25, -0.2) is 8.42 Å². The fourth-order valence-corrected chi connectivity index (χ4v) is 3.36. The van der Waals surface area contributed by atoms with Crippen molar-refractivity contribution in [3.63, 3.8) is 0 Å². The van der Waals surface area contributed by atoms with Crippen molar-refractivity contribution in [3.8, 4) is 5.75 Å². The number of benzene rings is 1. The number of rotatable bonds is 7. The molecule has 6 heteroatoms. The number of ether oxygens (including phenoxy) is 1. The van der Waals surface area contributed by atoms with E-state index in [1.54, 1.807) is 19.2 Å². The first kappa shape index (κ1) is 17.9. The van der Waals surface area contributed by atoms with Crippen LogP contribution in [0.25, 0.3) is 0 Å². The summed E-state index contributed by atoms with van der Waals surface area (Å²) in [5, 5.41) is 3.28. The zero-order chi connectivity index (χ0) is 16.2. The van der Waals surface area contributed by atoms with E-state index in [-0.39, 0.29) is 10.9 Å². The second kappa shape index (κ2) is 7.24. The van der Waals surface area contributed by atoms with Gasteiger partial charge < -0.3 is 10.1 Å². The fraction of sp³-hybridized carbons (Fsp3) is 0.600. The van der Waals surface area contributed by atoms with Gasteiger partial charge in [-0.1, -0.05) is 19.9 Å². The molecule has 0 atom stereocenters. The molecule has 0 unspecified atom stereocenters. The minimum atomic E-state index is -3.56. The molecule has 0 radical (unpaired) electrons. The fourth-order valence-electron chi connectivity index (χ4n) is 1.79. The van der Waals surface area contributed by atoms with E-state index in [9.17, 15) is 8.42 Å². The molecule has 0 amide bonds. The Labute approximate surface area is 128 Å². The molecule has 0 bridgehead atoms. The van der Waals surface area contributed by atoms with Crippen LogP contribution in [0.2, 0.25) is 0 Å². The predicted octanol–water partition coefficient (Wildman–Crippen LogP) is 2.22. The molecular weight excluding hydrogens is 288 g/mol. The molecule has 1 aromatic carbocycles. The Bertz CT molecular complexity index is 568. The molecule has 1 rings (SSSR count). The molecule has 0 saturated carbocycles. The summed E-state index contributed by atoms with van der Waals surface area (Å²) in [6.45, 7) is 8.40. The lowest BCUT2D eigenvalue weighted by Gasteiger charge is -2.22. The molecule has 1 N–H and O–H groups in total. The van der Waals surface area contributed by atoms with Gasteiger partial charge in [-0.3, -0.25) is 0 Å². The lowest BCUT2D eigenvalue weighted by atomic mass is 10.2. The largest absolute Gasteiger partial charge is 0.495 e. The summed E-state index contributed by atoms with van der Waals surface area (Å²) in [6, 6.07) is 5.49. The summed E-state index contributed by atoms with van der Waals surface area (Å²) >= 11 is 0. The minimum absolute atomic E-state index is 0.114. The van der Waals surface area contributed by atoms with Crippen LogP contribution < -0.4 is 10.1 Å². The number of hydrogen-bond donors (Lipinski definition) is 1. The third-order valence-corrected chi connectivity index (χ3v) is 5.38. The van der Waals surface area contributed by atoms with E-state index in [0.29, 0.717) is 18.3 Å². The molecule has 0 aliphatic carbocycles. The van der Waals surface area contributed by atoms with Crippen LogP contribution in [0.1, 0.15) is 33.3 Å². The Kier molecular flexibility index (Phi) is 6.19. The van der Waals surface area contributed by atoms with Crippen LogP contribution in [-0.2, 0) is 16.6 Å². The molecule has 0 heterocycles. The Hall–Kier alpha value is -1.11. The molecule has 0 aliphatic rings. The van der Waals surface area contributed by atoms with E-state index in [2.05, 4.69) is 5.32 Å². The van der Waals surface area contributed by atoms with Crippen LogP contribution in [-0.4, -0.2) is 39.0 Å². The van der Waals surface area contributed by atoms with Crippen LogP contribution in [0.4, 0.5) is 0 Å². The molecule has 21 heavy (non-hydrogen) atoms. The van der Waals surface area contributed by atoms with Crippen molar-refractivity contribution in [3.05, 3.63) is 23.8 Å². The Morgan fingerprint density at radius 1 is 1.24 bits per heavy atom. The summed E-state index contributed by atoms with van der Waals surface area (Å²) in [5.41, 5.74) is 0.917. The van der Waals surface area contributed by atoms with Gasteiger partial charge in [0.05, 0.1) is 7.11 Å². The van der Waals surface area contributed by atoms with Gasteiger partial charge in [-0.2, -0.15) is 4.31 Å². The number of methoxy groups -OCH3 is 1. The summed E-state index contributed by atoms with van der Waals surface area (Å²) in [4.78, 5) is 0.212. The first-order valence-corrected chi connectivity index (χ1v) is 8.52. The highest BCUT2D eigenvalue weighted by Crippen LogP contribution is 2.28. The SMILES string of the molecule is COc1ccc(CNC(C)C)cc1S(=O)(=O)N(C)C(C)C. The highest BCUT2D eigenvalue weighted by Gasteiger charge is 2.26. The quantitative estimate of drug-likeness (QED) is 0.838. The maximum atomic E-state index is 12.7. The maximum absolute atomic E-state index is 12.7. The van der Waals surface area contributed by atoms with Gasteiger partial charge in [0.2, 0.25) is 10.0 Å². The van der Waals surface area contributed by atoms with E-state index < -0.39 is 10.0 Å². The predicted molar refractivity (Wildman–Crippen MR) is 85.1 cm³/mol. The smallest absolute Gasteiger partial charge is 0.246 e. The van der Waals surface area contributed by atoms with E-state index in [1.165, 1.54) is 11.4 Å². The van der Waals surface area contributed by atoms with E-state index >= 15 is 0 Å². The van der Waals surface area contributed by atoms with Crippen LogP contribution in [0.3, 0.4) is 0 Å². The van der Waals surface area contributed by atoms with Gasteiger partial charge in [0.25, 0.3) is 0 Å². The van der Waals surface area contributed by atoms with E-state index in [0.717, 1.165) is 5.56 Å². The van der Waals surface area contributed by atoms with E-state index in [1.807, 2.05) is 33.8 Å². The average molecular weight is 314 g/mol. The lowest BCUT2D eigenvalue weighted by Crippen LogP contribution is -2.33. The monoisotopic (exact) mass is 314 g/mol. The van der Waals surface area contributed by atoms with Crippen LogP contribution in [0, 0.1) is 0 Å². The number of hydrogen-bond acceptors (Lipinski definition) is 4. The summed E-state index contributed by atoms with van der Waals surface area (Å²) in [7, 11) is -0.498. The van der Waals surface area contributed by atoms with Crippen LogP contribution in [0.5, 0.6) is 5.75 Å². The third-order valence-electron chi connectivity index (χ3n) is 3.33. The van der Waals surface area contributed by atoms with Gasteiger partial charge >= 0.3 is 0 Å². The van der Waals surface area contributed by atoms with Crippen molar-refractivity contribution in [2.24, 2.45) is 0 Å². The molecule has 0 aliphatic heterocycles. The molecular formula is C15H26N2O3S. The first-order valence-electron chi connectivity index (χ1n) is 7.08. The topological polar surface area (TPSA) is 58.6 Å². The first-order chi connectivity index (χ1) is 9.70. The number of nitrogens with zero attached hydrogens (tertiary/aromatic N) is 1. The standard InChI is InChI=1S/C15H26N2O3S/c1-11(2)16-10-13-7-8-14(20-6)15(9-13)21(18,19)17(5)12(3)4/h7-9,11-12,16H,10H2,1-6H3. The third kappa shape index (κ3) is 4.43. The van der Waals surface area contributed by atoms with Crippen LogP contribution in [0.15, 0.2) is 23.1 Å². The highest BCUT2D eigenvalue weighted by molar-refractivity contribution is 7.89. The number of nitrogens with one attached hydrogen (secondary N) is 1. The van der Waals surface area contributed by atoms with Gasteiger partial charge in [-0.05, 0) is 31.5 Å². The lowest BCUT2D eigenvalue weighted by molar-refractivity contribution is 0.387. The summed E-state index contributed by atoms with van der Waals surface area (Å²) in [6.07, 6.45) is 0. The molecule has 0 spiro atoms. The second-order valence-electron chi connectivity index (χ2n) is 5.64. The van der Waals surface area contributed by atoms with E-state index in [4.69, 9.17) is 4.74 Å². The molecule has 5 nitrogen and oxygen atoms in total. The molecule has 120 valence electrons. The van der Waals surface area contributed by atoms with Crippen molar-refractivity contribution in [1.82, 2.24) is 9.62 Å². The van der Waals surface area contributed by atoms with Gasteiger partial charge in [0.1, 0.15) is 10.6 Å².